The maximum absolute atomic E-state index is 10.8. The van der Waals surface area contributed by atoms with E-state index in [1.807, 2.05) is 0 Å². The lowest BCUT2D eigenvalue weighted by Gasteiger charge is -2.15. The number of ether oxygens (including phenoxy) is 1. The monoisotopic (exact) mass is 147 g/mol. The summed E-state index contributed by atoms with van der Waals surface area (Å²) in [6.07, 6.45) is -0.581. The molecule has 0 saturated heterocycles. The van der Waals surface area contributed by atoms with Gasteiger partial charge in [-0.15, -0.1) is 0 Å². The third-order valence-electron chi connectivity index (χ3n) is 0.867. The van der Waals surface area contributed by atoms with Crippen LogP contribution in [0, 0.1) is 0 Å². The molecule has 0 aromatic rings. The number of carbonyl (C=O) groups is 1. The summed E-state index contributed by atoms with van der Waals surface area (Å²) < 4.78 is 4.76. The van der Waals surface area contributed by atoms with E-state index in [1.54, 1.807) is 13.8 Å². The van der Waals surface area contributed by atoms with Gasteiger partial charge in [-0.2, -0.15) is 5.06 Å². The molecule has 0 aliphatic heterocycles. The van der Waals surface area contributed by atoms with Crippen molar-refractivity contribution in [3.8, 4) is 0 Å². The van der Waals surface area contributed by atoms with Crippen LogP contribution < -0.4 is 0 Å². The van der Waals surface area contributed by atoms with Crippen molar-refractivity contribution in [2.24, 2.45) is 0 Å². The number of hydrogen-bond donors (Lipinski definition) is 0. The van der Waals surface area contributed by atoms with Crippen LogP contribution in [-0.2, 0) is 9.57 Å². The molecule has 0 radical (unpaired) electrons. The van der Waals surface area contributed by atoms with Gasteiger partial charge in [-0.25, -0.2) is 4.79 Å². The van der Waals surface area contributed by atoms with Crippen molar-refractivity contribution in [3.05, 3.63) is 0 Å². The molecule has 0 aromatic carbocycles. The molecule has 0 aliphatic rings. The fourth-order valence-corrected chi connectivity index (χ4v) is 0.350. The average Bonchev–Trinajstić information content (AvgIpc) is 1.85. The van der Waals surface area contributed by atoms with Gasteiger partial charge in [0.1, 0.15) is 0 Å². The Morgan fingerprint density at radius 2 is 2.00 bits per heavy atom. The summed E-state index contributed by atoms with van der Waals surface area (Å²) in [4.78, 5) is 15.3. The molecule has 0 bridgehead atoms. The van der Waals surface area contributed by atoms with E-state index in [1.165, 1.54) is 14.2 Å². The van der Waals surface area contributed by atoms with Crippen molar-refractivity contribution in [2.45, 2.75) is 20.0 Å². The SMILES string of the molecule is CON(C)C(=O)OC(C)C. The first-order chi connectivity index (χ1) is 4.57. The molecule has 10 heavy (non-hydrogen) atoms. The van der Waals surface area contributed by atoms with E-state index in [0.717, 1.165) is 5.06 Å². The Morgan fingerprint density at radius 1 is 1.50 bits per heavy atom. The number of amides is 1. The van der Waals surface area contributed by atoms with Crippen molar-refractivity contribution in [2.75, 3.05) is 14.2 Å². The highest BCUT2D eigenvalue weighted by Crippen LogP contribution is 1.94. The Bertz CT molecular complexity index is 114. The summed E-state index contributed by atoms with van der Waals surface area (Å²) in [5.41, 5.74) is 0. The highest BCUT2D eigenvalue weighted by Gasteiger charge is 2.09. The summed E-state index contributed by atoms with van der Waals surface area (Å²) in [5.74, 6) is 0. The summed E-state index contributed by atoms with van der Waals surface area (Å²) in [6, 6.07) is 0. The van der Waals surface area contributed by atoms with Crippen LogP contribution in [0.25, 0.3) is 0 Å². The summed E-state index contributed by atoms with van der Waals surface area (Å²) >= 11 is 0. The molecular weight excluding hydrogens is 134 g/mol. The predicted molar refractivity (Wildman–Crippen MR) is 36.4 cm³/mol. The maximum atomic E-state index is 10.8. The van der Waals surface area contributed by atoms with Crippen molar-refractivity contribution >= 4 is 6.09 Å². The van der Waals surface area contributed by atoms with Crippen molar-refractivity contribution in [3.63, 3.8) is 0 Å². The molecule has 0 spiro atoms. The van der Waals surface area contributed by atoms with Crippen molar-refractivity contribution in [1.82, 2.24) is 5.06 Å². The molecule has 0 N–H and O–H groups in total. The fraction of sp³-hybridized carbons (Fsp3) is 0.833. The Kier molecular flexibility index (Phi) is 3.79. The van der Waals surface area contributed by atoms with E-state index in [-0.39, 0.29) is 6.10 Å². The van der Waals surface area contributed by atoms with E-state index < -0.39 is 6.09 Å². The second-order valence-corrected chi connectivity index (χ2v) is 2.11. The molecule has 0 unspecified atom stereocenters. The highest BCUT2D eigenvalue weighted by atomic mass is 16.7. The zero-order chi connectivity index (χ0) is 8.15. The normalized spacial score (nSPS) is 9.70. The summed E-state index contributed by atoms with van der Waals surface area (Å²) in [6.45, 7) is 3.56. The molecule has 0 aliphatic carbocycles. The van der Waals surface area contributed by atoms with Crippen molar-refractivity contribution in [1.29, 1.82) is 0 Å². The van der Waals surface area contributed by atoms with Crippen LogP contribution in [0.4, 0.5) is 4.79 Å². The van der Waals surface area contributed by atoms with Crippen molar-refractivity contribution < 1.29 is 14.4 Å². The Hall–Kier alpha value is -0.770. The van der Waals surface area contributed by atoms with Gasteiger partial charge in [0, 0.05) is 7.05 Å². The topological polar surface area (TPSA) is 38.8 Å². The number of carbonyl (C=O) groups excluding carboxylic acids is 1. The third kappa shape index (κ3) is 3.29. The molecule has 0 atom stereocenters. The van der Waals surface area contributed by atoms with E-state index >= 15 is 0 Å². The minimum absolute atomic E-state index is 0.106. The molecule has 0 rings (SSSR count). The van der Waals surface area contributed by atoms with Gasteiger partial charge >= 0.3 is 6.09 Å². The Labute approximate surface area is 60.7 Å². The van der Waals surface area contributed by atoms with Gasteiger partial charge in [-0.1, -0.05) is 0 Å². The standard InChI is InChI=1S/C6H13NO3/c1-5(2)10-6(8)7(3)9-4/h5H,1-4H3. The molecule has 4 heteroatoms. The lowest BCUT2D eigenvalue weighted by molar-refractivity contribution is -0.0954. The quantitative estimate of drug-likeness (QED) is 0.547. The molecule has 60 valence electrons. The first-order valence-corrected chi connectivity index (χ1v) is 3.06. The zero-order valence-corrected chi connectivity index (χ0v) is 6.75. The van der Waals surface area contributed by atoms with Crippen LogP contribution in [0.15, 0.2) is 0 Å². The number of hydrogen-bond acceptors (Lipinski definition) is 3. The minimum Gasteiger partial charge on any atom is -0.445 e. The first-order valence-electron chi connectivity index (χ1n) is 3.06. The van der Waals surface area contributed by atoms with Gasteiger partial charge in [0.25, 0.3) is 0 Å². The zero-order valence-electron chi connectivity index (χ0n) is 6.75. The highest BCUT2D eigenvalue weighted by molar-refractivity contribution is 5.65. The molecule has 0 aromatic heterocycles. The fourth-order valence-electron chi connectivity index (χ4n) is 0.350. The van der Waals surface area contributed by atoms with Gasteiger partial charge < -0.3 is 4.74 Å². The average molecular weight is 147 g/mol. The van der Waals surface area contributed by atoms with E-state index in [9.17, 15) is 4.79 Å². The summed E-state index contributed by atoms with van der Waals surface area (Å²) in [5, 5.41) is 1.03. The van der Waals surface area contributed by atoms with Crippen LogP contribution in [0.5, 0.6) is 0 Å². The van der Waals surface area contributed by atoms with Gasteiger partial charge in [0.2, 0.25) is 0 Å². The molecular formula is C6H13NO3. The lowest BCUT2D eigenvalue weighted by atomic mass is 10.5. The van der Waals surface area contributed by atoms with E-state index in [0.29, 0.717) is 0 Å². The smallest absolute Gasteiger partial charge is 0.433 e. The number of nitrogens with zero attached hydrogens (tertiary/aromatic N) is 1. The second kappa shape index (κ2) is 4.11. The molecule has 0 fully saturated rings. The lowest BCUT2D eigenvalue weighted by Crippen LogP contribution is -2.28. The predicted octanol–water partition coefficient (Wildman–Crippen LogP) is 1.02. The maximum Gasteiger partial charge on any atom is 0.433 e. The minimum atomic E-state index is -0.475. The largest absolute Gasteiger partial charge is 0.445 e. The number of hydroxylamine groups is 2. The van der Waals surface area contributed by atoms with Crippen LogP contribution in [0.3, 0.4) is 0 Å². The van der Waals surface area contributed by atoms with Crippen LogP contribution in [0.2, 0.25) is 0 Å². The van der Waals surface area contributed by atoms with Crippen LogP contribution in [-0.4, -0.2) is 31.4 Å². The molecule has 0 saturated carbocycles. The second-order valence-electron chi connectivity index (χ2n) is 2.11. The first kappa shape index (κ1) is 9.23. The molecule has 1 amide bonds. The van der Waals surface area contributed by atoms with E-state index in [2.05, 4.69) is 4.84 Å². The van der Waals surface area contributed by atoms with Gasteiger partial charge in [0.05, 0.1) is 13.2 Å². The number of rotatable bonds is 2. The third-order valence-corrected chi connectivity index (χ3v) is 0.867. The van der Waals surface area contributed by atoms with Gasteiger partial charge in [-0.3, -0.25) is 4.84 Å². The van der Waals surface area contributed by atoms with Gasteiger partial charge in [0.15, 0.2) is 0 Å². The van der Waals surface area contributed by atoms with E-state index in [4.69, 9.17) is 4.74 Å². The van der Waals surface area contributed by atoms with Crippen LogP contribution in [0.1, 0.15) is 13.8 Å². The van der Waals surface area contributed by atoms with Gasteiger partial charge in [-0.05, 0) is 13.8 Å². The van der Waals surface area contributed by atoms with Crippen LogP contribution >= 0.6 is 0 Å². The Morgan fingerprint density at radius 3 is 2.30 bits per heavy atom. The molecule has 4 nitrogen and oxygen atoms in total. The molecule has 0 heterocycles. The summed E-state index contributed by atoms with van der Waals surface area (Å²) in [7, 11) is 2.90. The Balaban J connectivity index is 3.62.